The van der Waals surface area contributed by atoms with Crippen LogP contribution in [0.15, 0.2) is 94.8 Å². The lowest BCUT2D eigenvalue weighted by molar-refractivity contribution is -0.115. The maximum atomic E-state index is 12.8. The van der Waals surface area contributed by atoms with Crippen LogP contribution in [0.4, 0.5) is 5.69 Å². The summed E-state index contributed by atoms with van der Waals surface area (Å²) in [5.41, 5.74) is 5.17. The predicted octanol–water partition coefficient (Wildman–Crippen LogP) is 6.93. The predicted molar refractivity (Wildman–Crippen MR) is 141 cm³/mol. The molecule has 0 atom stereocenters. The molecule has 1 saturated heterocycles. The van der Waals surface area contributed by atoms with Gasteiger partial charge in [0.1, 0.15) is 12.4 Å². The van der Waals surface area contributed by atoms with Crippen LogP contribution >= 0.6 is 11.8 Å². The molecule has 0 aromatic heterocycles. The van der Waals surface area contributed by atoms with Crippen LogP contribution in [-0.4, -0.2) is 11.1 Å². The number of carbonyl (C=O) groups excluding carboxylic acids is 1. The second-order valence-corrected chi connectivity index (χ2v) is 9.32. The van der Waals surface area contributed by atoms with Crippen molar-refractivity contribution in [3.63, 3.8) is 0 Å². The van der Waals surface area contributed by atoms with Gasteiger partial charge in [0, 0.05) is 5.56 Å². The van der Waals surface area contributed by atoms with Crippen LogP contribution in [0.1, 0.15) is 22.3 Å². The molecule has 0 bridgehead atoms. The SMILES string of the molecule is Cc1ccc(COc2ccc3ccccc3c2/C=C2/SC(=Nc3ccc(C)cc3)NC2=O)cc1. The molecule has 4 aromatic rings. The van der Waals surface area contributed by atoms with Gasteiger partial charge in [-0.05, 0) is 66.2 Å². The van der Waals surface area contributed by atoms with E-state index in [9.17, 15) is 4.79 Å². The van der Waals surface area contributed by atoms with E-state index in [1.165, 1.54) is 22.9 Å². The lowest BCUT2D eigenvalue weighted by Crippen LogP contribution is -2.19. The minimum absolute atomic E-state index is 0.159. The maximum Gasteiger partial charge on any atom is 0.264 e. The normalized spacial score (nSPS) is 15.8. The fourth-order valence-electron chi connectivity index (χ4n) is 3.74. The molecule has 0 radical (unpaired) electrons. The maximum absolute atomic E-state index is 12.8. The zero-order valence-electron chi connectivity index (χ0n) is 19.0. The van der Waals surface area contributed by atoms with Gasteiger partial charge in [0.2, 0.25) is 0 Å². The molecule has 1 amide bonds. The number of rotatable bonds is 5. The first-order valence-corrected chi connectivity index (χ1v) is 11.9. The van der Waals surface area contributed by atoms with Crippen LogP contribution in [0, 0.1) is 13.8 Å². The van der Waals surface area contributed by atoms with Crippen molar-refractivity contribution in [3.05, 3.63) is 112 Å². The van der Waals surface area contributed by atoms with Gasteiger partial charge in [-0.1, -0.05) is 77.9 Å². The molecule has 1 heterocycles. The van der Waals surface area contributed by atoms with Gasteiger partial charge < -0.3 is 10.1 Å². The van der Waals surface area contributed by atoms with Crippen molar-refractivity contribution in [2.45, 2.75) is 20.5 Å². The summed E-state index contributed by atoms with van der Waals surface area (Å²) < 4.78 is 6.23. The highest BCUT2D eigenvalue weighted by Crippen LogP contribution is 2.35. The number of carbonyl (C=O) groups is 1. The third kappa shape index (κ3) is 4.90. The molecular formula is C29H24N2O2S. The van der Waals surface area contributed by atoms with Crippen molar-refractivity contribution in [2.24, 2.45) is 4.99 Å². The van der Waals surface area contributed by atoms with Crippen molar-refractivity contribution in [1.29, 1.82) is 0 Å². The van der Waals surface area contributed by atoms with Crippen LogP contribution in [-0.2, 0) is 11.4 Å². The Morgan fingerprint density at radius 3 is 2.35 bits per heavy atom. The van der Waals surface area contributed by atoms with Gasteiger partial charge in [-0.3, -0.25) is 4.79 Å². The molecule has 1 aliphatic rings. The van der Waals surface area contributed by atoms with E-state index in [4.69, 9.17) is 4.74 Å². The highest BCUT2D eigenvalue weighted by molar-refractivity contribution is 8.18. The summed E-state index contributed by atoms with van der Waals surface area (Å²) in [5, 5.41) is 5.58. The largest absolute Gasteiger partial charge is 0.488 e. The molecule has 34 heavy (non-hydrogen) atoms. The van der Waals surface area contributed by atoms with Crippen molar-refractivity contribution in [3.8, 4) is 5.75 Å². The molecule has 0 saturated carbocycles. The second-order valence-electron chi connectivity index (χ2n) is 8.29. The fourth-order valence-corrected chi connectivity index (χ4v) is 4.57. The van der Waals surface area contributed by atoms with Crippen molar-refractivity contribution >= 4 is 45.4 Å². The average Bonchev–Trinajstić information content (AvgIpc) is 3.19. The van der Waals surface area contributed by atoms with E-state index in [1.54, 1.807) is 0 Å². The summed E-state index contributed by atoms with van der Waals surface area (Å²) in [6.45, 7) is 4.56. The van der Waals surface area contributed by atoms with Crippen molar-refractivity contribution in [1.82, 2.24) is 5.32 Å². The lowest BCUT2D eigenvalue weighted by atomic mass is 10.0. The van der Waals surface area contributed by atoms with Gasteiger partial charge in [0.15, 0.2) is 5.17 Å². The fraction of sp³-hybridized carbons (Fsp3) is 0.103. The van der Waals surface area contributed by atoms with Gasteiger partial charge in [-0.2, -0.15) is 0 Å². The van der Waals surface area contributed by atoms with E-state index < -0.39 is 0 Å². The van der Waals surface area contributed by atoms with Gasteiger partial charge >= 0.3 is 0 Å². The molecule has 5 heteroatoms. The summed E-state index contributed by atoms with van der Waals surface area (Å²) in [4.78, 5) is 17.9. The number of benzene rings is 4. The van der Waals surface area contributed by atoms with E-state index in [-0.39, 0.29) is 5.91 Å². The topological polar surface area (TPSA) is 50.7 Å². The minimum atomic E-state index is -0.159. The molecule has 1 aliphatic heterocycles. The van der Waals surface area contributed by atoms with Gasteiger partial charge in [0.05, 0.1) is 10.6 Å². The number of fused-ring (bicyclic) bond motifs is 1. The summed E-state index contributed by atoms with van der Waals surface area (Å²) in [5.74, 6) is 0.581. The molecular weight excluding hydrogens is 440 g/mol. The number of aryl methyl sites for hydroxylation is 2. The van der Waals surface area contributed by atoms with Crippen LogP contribution in [0.25, 0.3) is 16.8 Å². The van der Waals surface area contributed by atoms with Crippen LogP contribution in [0.2, 0.25) is 0 Å². The van der Waals surface area contributed by atoms with E-state index in [0.29, 0.717) is 16.7 Å². The molecule has 1 fully saturated rings. The van der Waals surface area contributed by atoms with Gasteiger partial charge in [-0.15, -0.1) is 0 Å². The smallest absolute Gasteiger partial charge is 0.264 e. The average molecular weight is 465 g/mol. The highest BCUT2D eigenvalue weighted by atomic mass is 32.2. The monoisotopic (exact) mass is 464 g/mol. The quantitative estimate of drug-likeness (QED) is 0.326. The summed E-state index contributed by atoms with van der Waals surface area (Å²) in [6, 6.07) is 28.4. The Bertz CT molecular complexity index is 1420. The summed E-state index contributed by atoms with van der Waals surface area (Å²) in [7, 11) is 0. The summed E-state index contributed by atoms with van der Waals surface area (Å²) >= 11 is 1.34. The Morgan fingerprint density at radius 2 is 1.59 bits per heavy atom. The Labute approximate surface area is 203 Å². The number of amides is 1. The molecule has 168 valence electrons. The number of aliphatic imine (C=N–C) groups is 1. The molecule has 4 aromatic carbocycles. The first kappa shape index (κ1) is 22.0. The molecule has 0 aliphatic carbocycles. The number of hydrogen-bond donors (Lipinski definition) is 1. The first-order chi connectivity index (χ1) is 16.5. The van der Waals surface area contributed by atoms with Crippen LogP contribution in [0.3, 0.4) is 0 Å². The number of amidine groups is 1. The number of nitrogens with zero attached hydrogens (tertiary/aromatic N) is 1. The molecule has 4 nitrogen and oxygen atoms in total. The van der Waals surface area contributed by atoms with Crippen molar-refractivity contribution in [2.75, 3.05) is 0 Å². The molecule has 1 N–H and O–H groups in total. The second kappa shape index (κ2) is 9.57. The van der Waals surface area contributed by atoms with Crippen LogP contribution in [0.5, 0.6) is 5.75 Å². The Morgan fingerprint density at radius 1 is 0.882 bits per heavy atom. The van der Waals surface area contributed by atoms with Gasteiger partial charge in [-0.25, -0.2) is 4.99 Å². The number of nitrogens with one attached hydrogen (secondary N) is 1. The molecule has 5 rings (SSSR count). The zero-order chi connectivity index (χ0) is 23.5. The van der Waals surface area contributed by atoms with Crippen molar-refractivity contribution < 1.29 is 9.53 Å². The van der Waals surface area contributed by atoms with E-state index in [2.05, 4.69) is 53.6 Å². The third-order valence-electron chi connectivity index (χ3n) is 5.64. The van der Waals surface area contributed by atoms with E-state index in [0.717, 1.165) is 33.3 Å². The standard InChI is InChI=1S/C29H24N2O2S/c1-19-7-11-21(12-8-19)18-33-26-16-13-22-5-3-4-6-24(22)25(26)17-27-28(32)31-29(34-27)30-23-14-9-20(2)10-15-23/h3-17H,18H2,1-2H3,(H,30,31,32)/b27-17+. The minimum Gasteiger partial charge on any atom is -0.488 e. The first-order valence-electron chi connectivity index (χ1n) is 11.1. The zero-order valence-corrected chi connectivity index (χ0v) is 19.9. The number of ether oxygens (including phenoxy) is 1. The van der Waals surface area contributed by atoms with E-state index in [1.807, 2.05) is 61.5 Å². The highest BCUT2D eigenvalue weighted by Gasteiger charge is 2.25. The number of thioether (sulfide) groups is 1. The molecule has 0 spiro atoms. The van der Waals surface area contributed by atoms with Gasteiger partial charge in [0.25, 0.3) is 5.91 Å². The van der Waals surface area contributed by atoms with Crippen LogP contribution < -0.4 is 10.1 Å². The molecule has 0 unspecified atom stereocenters. The van der Waals surface area contributed by atoms with E-state index >= 15 is 0 Å². The number of hydrogen-bond acceptors (Lipinski definition) is 4. The Balaban J connectivity index is 1.47. The lowest BCUT2D eigenvalue weighted by Gasteiger charge is -2.13. The Kier molecular flexibility index (Phi) is 6.19. The summed E-state index contributed by atoms with van der Waals surface area (Å²) in [6.07, 6.45) is 1.91. The Hall–Kier alpha value is -3.83. The third-order valence-corrected chi connectivity index (χ3v) is 6.55.